The van der Waals surface area contributed by atoms with Gasteiger partial charge in [-0.3, -0.25) is 4.79 Å². The van der Waals surface area contributed by atoms with Gasteiger partial charge in [-0.05, 0) is 12.0 Å². The highest BCUT2D eigenvalue weighted by Crippen LogP contribution is 2.01. The van der Waals surface area contributed by atoms with Gasteiger partial charge < -0.3 is 5.32 Å². The van der Waals surface area contributed by atoms with Crippen LogP contribution in [0.2, 0.25) is 0 Å². The highest BCUT2D eigenvalue weighted by molar-refractivity contribution is 5.77. The third-order valence-corrected chi connectivity index (χ3v) is 2.21. The average molecular weight is 204 g/mol. The molecule has 1 N–H and O–H groups in total. The lowest BCUT2D eigenvalue weighted by Gasteiger charge is -2.03. The third kappa shape index (κ3) is 5.21. The van der Waals surface area contributed by atoms with E-state index in [9.17, 15) is 4.79 Å². The fraction of sp³-hybridized carbons (Fsp3) is 0.385. The van der Waals surface area contributed by atoms with Crippen molar-refractivity contribution in [2.75, 3.05) is 0 Å². The Kier molecular flexibility index (Phi) is 5.52. The molecule has 0 spiro atoms. The minimum atomic E-state index is 0.104. The van der Waals surface area contributed by atoms with E-state index in [1.165, 1.54) is 0 Å². The minimum absolute atomic E-state index is 0.104. The number of unbranched alkanes of at least 4 members (excludes halogenated alkanes) is 2. The molecule has 0 atom stereocenters. The summed E-state index contributed by atoms with van der Waals surface area (Å²) in [5, 5.41) is 2.79. The smallest absolute Gasteiger partial charge is 0.220 e. The van der Waals surface area contributed by atoms with E-state index in [0.717, 1.165) is 24.8 Å². The fourth-order valence-electron chi connectivity index (χ4n) is 1.32. The Morgan fingerprint density at radius 3 is 2.67 bits per heavy atom. The van der Waals surface area contributed by atoms with Crippen molar-refractivity contribution in [2.24, 2.45) is 0 Å². The van der Waals surface area contributed by atoms with Crippen molar-refractivity contribution >= 4 is 5.91 Å². The van der Waals surface area contributed by atoms with Crippen molar-refractivity contribution in [3.05, 3.63) is 42.4 Å². The molecule has 0 fully saturated rings. The summed E-state index contributed by atoms with van der Waals surface area (Å²) in [7, 11) is 0. The zero-order valence-corrected chi connectivity index (χ0v) is 9.20. The second-order valence-electron chi connectivity index (χ2n) is 3.58. The minimum Gasteiger partial charge on any atom is -0.347 e. The van der Waals surface area contributed by atoms with Gasteiger partial charge in [0, 0.05) is 6.42 Å². The Morgan fingerprint density at radius 2 is 2.00 bits per heavy atom. The first-order valence-corrected chi connectivity index (χ1v) is 5.50. The molecule has 0 unspecified atom stereocenters. The van der Waals surface area contributed by atoms with Gasteiger partial charge in [-0.25, -0.2) is 0 Å². The number of carbonyl (C=O) groups is 1. The molecule has 2 heteroatoms. The van der Waals surface area contributed by atoms with E-state index in [2.05, 4.69) is 12.2 Å². The first-order valence-electron chi connectivity index (χ1n) is 5.50. The van der Waals surface area contributed by atoms with Crippen molar-refractivity contribution in [1.29, 1.82) is 0 Å². The predicted octanol–water partition coefficient (Wildman–Crippen LogP) is 2.89. The molecule has 81 valence electrons. The number of amides is 1. The van der Waals surface area contributed by atoms with Crippen LogP contribution in [-0.4, -0.2) is 5.91 Å². The summed E-state index contributed by atoms with van der Waals surface area (Å²) in [4.78, 5) is 11.3. The van der Waals surface area contributed by atoms with Crippen molar-refractivity contribution in [2.45, 2.75) is 32.6 Å². The normalized spacial score (nSPS) is 9.93. The first-order chi connectivity index (χ1) is 7.33. The van der Waals surface area contributed by atoms with Crippen LogP contribution >= 0.6 is 0 Å². The lowest BCUT2D eigenvalue weighted by atomic mass is 10.2. The standard InChI is InChI=1S/C13H18NO/c1-2-3-5-10-13(15)14-11-12-8-6-4-7-9-12/h4,6-9,11H,2-3,5,10H2,1H3,(H,14,15). The van der Waals surface area contributed by atoms with Gasteiger partial charge in [0.15, 0.2) is 0 Å². The fourth-order valence-corrected chi connectivity index (χ4v) is 1.32. The molecule has 0 bridgehead atoms. The van der Waals surface area contributed by atoms with Crippen LogP contribution in [0.25, 0.3) is 0 Å². The van der Waals surface area contributed by atoms with Crippen LogP contribution in [0.15, 0.2) is 30.3 Å². The molecular weight excluding hydrogens is 186 g/mol. The summed E-state index contributed by atoms with van der Waals surface area (Å²) in [6, 6.07) is 9.79. The molecule has 1 aromatic rings. The lowest BCUT2D eigenvalue weighted by molar-refractivity contribution is -0.120. The summed E-state index contributed by atoms with van der Waals surface area (Å²) in [6.45, 7) is 3.89. The summed E-state index contributed by atoms with van der Waals surface area (Å²) in [5.74, 6) is 0.104. The van der Waals surface area contributed by atoms with Gasteiger partial charge in [-0.15, -0.1) is 0 Å². The third-order valence-electron chi connectivity index (χ3n) is 2.21. The van der Waals surface area contributed by atoms with Gasteiger partial charge in [0.1, 0.15) is 0 Å². The summed E-state index contributed by atoms with van der Waals surface area (Å²) in [6.07, 6.45) is 3.87. The Bertz CT molecular complexity index is 282. The Hall–Kier alpha value is -1.31. The van der Waals surface area contributed by atoms with Gasteiger partial charge in [0.25, 0.3) is 0 Å². The summed E-state index contributed by atoms with van der Waals surface area (Å²) >= 11 is 0. The van der Waals surface area contributed by atoms with Crippen molar-refractivity contribution in [3.63, 3.8) is 0 Å². The Morgan fingerprint density at radius 1 is 1.27 bits per heavy atom. The molecule has 1 radical (unpaired) electrons. The number of hydrogen-bond donors (Lipinski definition) is 1. The number of nitrogens with one attached hydrogen (secondary N) is 1. The van der Waals surface area contributed by atoms with E-state index in [-0.39, 0.29) is 5.91 Å². The molecule has 0 aromatic heterocycles. The van der Waals surface area contributed by atoms with Crippen LogP contribution < -0.4 is 5.32 Å². The van der Waals surface area contributed by atoms with E-state index < -0.39 is 0 Å². The maximum Gasteiger partial charge on any atom is 0.220 e. The Balaban J connectivity index is 2.17. The van der Waals surface area contributed by atoms with E-state index in [0.29, 0.717) is 6.42 Å². The molecule has 0 aliphatic heterocycles. The second kappa shape index (κ2) is 7.04. The van der Waals surface area contributed by atoms with Crippen molar-refractivity contribution in [3.8, 4) is 0 Å². The topological polar surface area (TPSA) is 29.1 Å². The Labute approximate surface area is 91.7 Å². The van der Waals surface area contributed by atoms with Crippen LogP contribution in [0.4, 0.5) is 0 Å². The number of rotatable bonds is 6. The monoisotopic (exact) mass is 204 g/mol. The molecule has 1 amide bonds. The van der Waals surface area contributed by atoms with E-state index >= 15 is 0 Å². The molecule has 15 heavy (non-hydrogen) atoms. The van der Waals surface area contributed by atoms with Crippen LogP contribution in [0.1, 0.15) is 38.2 Å². The summed E-state index contributed by atoms with van der Waals surface area (Å²) in [5.41, 5.74) is 1.03. The maximum atomic E-state index is 11.3. The molecule has 0 saturated carbocycles. The molecule has 1 rings (SSSR count). The quantitative estimate of drug-likeness (QED) is 0.709. The van der Waals surface area contributed by atoms with Gasteiger partial charge >= 0.3 is 0 Å². The van der Waals surface area contributed by atoms with Gasteiger partial charge in [-0.1, -0.05) is 50.1 Å². The average Bonchev–Trinajstić information content (AvgIpc) is 2.28. The zero-order valence-electron chi connectivity index (χ0n) is 9.20. The van der Waals surface area contributed by atoms with Crippen LogP contribution in [0, 0.1) is 6.54 Å². The van der Waals surface area contributed by atoms with E-state index in [1.54, 1.807) is 6.54 Å². The van der Waals surface area contributed by atoms with Gasteiger partial charge in [-0.2, -0.15) is 0 Å². The maximum absolute atomic E-state index is 11.3. The highest BCUT2D eigenvalue weighted by Gasteiger charge is 2.00. The van der Waals surface area contributed by atoms with Crippen molar-refractivity contribution < 1.29 is 4.79 Å². The van der Waals surface area contributed by atoms with Gasteiger partial charge in [0.05, 0.1) is 6.54 Å². The van der Waals surface area contributed by atoms with Crippen molar-refractivity contribution in [1.82, 2.24) is 5.32 Å². The largest absolute Gasteiger partial charge is 0.347 e. The summed E-state index contributed by atoms with van der Waals surface area (Å²) < 4.78 is 0. The van der Waals surface area contributed by atoms with Gasteiger partial charge in [0.2, 0.25) is 5.91 Å². The first kappa shape index (κ1) is 11.8. The lowest BCUT2D eigenvalue weighted by Crippen LogP contribution is -2.20. The van der Waals surface area contributed by atoms with E-state index in [4.69, 9.17) is 0 Å². The molecule has 0 saturated heterocycles. The van der Waals surface area contributed by atoms with Crippen LogP contribution in [0.3, 0.4) is 0 Å². The number of benzene rings is 1. The molecule has 0 aliphatic rings. The van der Waals surface area contributed by atoms with E-state index in [1.807, 2.05) is 30.3 Å². The number of carbonyl (C=O) groups excluding carboxylic acids is 1. The molecule has 2 nitrogen and oxygen atoms in total. The highest BCUT2D eigenvalue weighted by atomic mass is 16.1. The second-order valence-corrected chi connectivity index (χ2v) is 3.58. The number of hydrogen-bond acceptors (Lipinski definition) is 1. The van der Waals surface area contributed by atoms with Crippen LogP contribution in [0.5, 0.6) is 0 Å². The SMILES string of the molecule is CCCCCC(=O)N[CH]c1ccccc1. The molecule has 1 aromatic carbocycles. The zero-order chi connectivity index (χ0) is 10.9. The van der Waals surface area contributed by atoms with Crippen LogP contribution in [-0.2, 0) is 4.79 Å². The molecular formula is C13H18NO. The molecule has 0 aliphatic carbocycles. The molecule has 0 heterocycles. The predicted molar refractivity (Wildman–Crippen MR) is 62.1 cm³/mol.